The maximum absolute atomic E-state index is 14.5. The fraction of sp³-hybridized carbons (Fsp3) is 0.321. The third kappa shape index (κ3) is 8.10. The highest BCUT2D eigenvalue weighted by Gasteiger charge is 2.21. The van der Waals surface area contributed by atoms with E-state index in [0.29, 0.717) is 36.2 Å². The Morgan fingerprint density at radius 1 is 1.16 bits per heavy atom. The second-order valence-electron chi connectivity index (χ2n) is 9.20. The Hall–Kier alpha value is -3.81. The van der Waals surface area contributed by atoms with Crippen LogP contribution in [0, 0.1) is 17.1 Å². The van der Waals surface area contributed by atoms with Gasteiger partial charge in [0.05, 0.1) is 11.4 Å². The maximum atomic E-state index is 14.5. The number of rotatable bonds is 11. The molecule has 0 aliphatic carbocycles. The van der Waals surface area contributed by atoms with Gasteiger partial charge in [-0.15, -0.1) is 0 Å². The molecule has 0 saturated carbocycles. The van der Waals surface area contributed by atoms with Crippen molar-refractivity contribution in [1.82, 2.24) is 14.6 Å². The molecule has 0 unspecified atom stereocenters. The van der Waals surface area contributed by atoms with Crippen LogP contribution in [0.1, 0.15) is 49.9 Å². The molecule has 10 heteroatoms. The van der Waals surface area contributed by atoms with Crippen LogP contribution in [0.4, 0.5) is 14.9 Å². The van der Waals surface area contributed by atoms with Gasteiger partial charge in [-0.05, 0) is 66.4 Å². The number of benzene rings is 2. The first-order chi connectivity index (χ1) is 18.1. The maximum Gasteiger partial charge on any atom is 0.332 e. The number of halogens is 1. The summed E-state index contributed by atoms with van der Waals surface area (Å²) in [5, 5.41) is 11.8. The van der Waals surface area contributed by atoms with Crippen molar-refractivity contribution in [2.45, 2.75) is 39.7 Å². The minimum Gasteiger partial charge on any atom is -0.306 e. The van der Waals surface area contributed by atoms with Crippen molar-refractivity contribution in [2.24, 2.45) is 0 Å². The molecule has 0 aliphatic rings. The van der Waals surface area contributed by atoms with Crippen molar-refractivity contribution < 1.29 is 17.6 Å². The van der Waals surface area contributed by atoms with Gasteiger partial charge >= 0.3 is 6.03 Å². The SMILES string of the molecule is CCN(CCCS(=O)(=O)NC(=O)Nc1c(-c2ccnc(C#N)c2)cc(F)cc1C(C)C)Cc1ccccc1. The average molecular weight is 538 g/mol. The number of urea groups is 1. The number of nitriles is 1. The van der Waals surface area contributed by atoms with E-state index in [1.807, 2.05) is 57.2 Å². The predicted molar refractivity (Wildman–Crippen MR) is 146 cm³/mol. The Labute approximate surface area is 223 Å². The number of nitrogens with one attached hydrogen (secondary N) is 2. The molecule has 200 valence electrons. The summed E-state index contributed by atoms with van der Waals surface area (Å²) in [7, 11) is -3.92. The number of aromatic nitrogens is 1. The van der Waals surface area contributed by atoms with E-state index in [9.17, 15) is 22.9 Å². The summed E-state index contributed by atoms with van der Waals surface area (Å²) in [5.74, 6) is -0.929. The van der Waals surface area contributed by atoms with Crippen LogP contribution >= 0.6 is 0 Å². The molecule has 38 heavy (non-hydrogen) atoms. The molecule has 0 aliphatic heterocycles. The van der Waals surface area contributed by atoms with E-state index in [4.69, 9.17) is 0 Å². The second-order valence-corrected chi connectivity index (χ2v) is 11.0. The molecule has 0 bridgehead atoms. The Bertz CT molecular complexity index is 1410. The van der Waals surface area contributed by atoms with Gasteiger partial charge in [-0.3, -0.25) is 4.90 Å². The summed E-state index contributed by atoms with van der Waals surface area (Å²) in [5.41, 5.74) is 2.81. The van der Waals surface area contributed by atoms with Crippen LogP contribution in [0.2, 0.25) is 0 Å². The second kappa shape index (κ2) is 13.1. The van der Waals surface area contributed by atoms with E-state index >= 15 is 0 Å². The molecule has 0 saturated heterocycles. The number of nitrogens with zero attached hydrogens (tertiary/aromatic N) is 3. The zero-order chi connectivity index (χ0) is 27.7. The first-order valence-corrected chi connectivity index (χ1v) is 14.0. The van der Waals surface area contributed by atoms with Crippen molar-refractivity contribution in [2.75, 3.05) is 24.2 Å². The zero-order valence-corrected chi connectivity index (χ0v) is 22.6. The summed E-state index contributed by atoms with van der Waals surface area (Å²) in [6.45, 7) is 7.70. The lowest BCUT2D eigenvalue weighted by atomic mass is 9.94. The van der Waals surface area contributed by atoms with E-state index in [1.54, 1.807) is 6.07 Å². The molecule has 3 aromatic rings. The lowest BCUT2D eigenvalue weighted by Gasteiger charge is -2.21. The van der Waals surface area contributed by atoms with Crippen molar-refractivity contribution in [3.8, 4) is 17.2 Å². The number of anilines is 1. The molecule has 2 N–H and O–H groups in total. The van der Waals surface area contributed by atoms with E-state index in [2.05, 4.69) is 19.9 Å². The molecule has 0 atom stereocenters. The van der Waals surface area contributed by atoms with E-state index in [0.717, 1.165) is 12.1 Å². The highest BCUT2D eigenvalue weighted by Crippen LogP contribution is 2.36. The highest BCUT2D eigenvalue weighted by molar-refractivity contribution is 7.90. The van der Waals surface area contributed by atoms with E-state index in [-0.39, 0.29) is 23.1 Å². The number of hydrogen-bond donors (Lipinski definition) is 2. The summed E-state index contributed by atoms with van der Waals surface area (Å²) in [6, 6.07) is 16.5. The minimum absolute atomic E-state index is 0.129. The number of amides is 2. The van der Waals surface area contributed by atoms with Crippen LogP contribution in [0.25, 0.3) is 11.1 Å². The van der Waals surface area contributed by atoms with Gasteiger partial charge in [0, 0.05) is 18.3 Å². The molecule has 0 fully saturated rings. The smallest absolute Gasteiger partial charge is 0.306 e. The van der Waals surface area contributed by atoms with Gasteiger partial charge in [0.25, 0.3) is 0 Å². The van der Waals surface area contributed by atoms with Gasteiger partial charge in [0.1, 0.15) is 17.6 Å². The fourth-order valence-electron chi connectivity index (χ4n) is 4.11. The van der Waals surface area contributed by atoms with Crippen LogP contribution in [-0.2, 0) is 16.6 Å². The summed E-state index contributed by atoms with van der Waals surface area (Å²) >= 11 is 0. The Balaban J connectivity index is 1.72. The molecule has 0 spiro atoms. The first-order valence-electron chi connectivity index (χ1n) is 12.4. The summed E-state index contributed by atoms with van der Waals surface area (Å²) in [4.78, 5) is 18.9. The normalized spacial score (nSPS) is 11.4. The predicted octanol–water partition coefficient (Wildman–Crippen LogP) is 5.25. The standard InChI is InChI=1S/C28H32FN5O3S/c1-4-34(19-21-9-6-5-7-10-21)13-8-14-38(36,37)33-28(35)32-27-25(20(2)3)16-23(29)17-26(27)22-11-12-31-24(15-22)18-30/h5-7,9-12,15-17,20H,4,8,13-14,19H2,1-3H3,(H2,32,33,35). The first kappa shape index (κ1) is 28.8. The van der Waals surface area contributed by atoms with Gasteiger partial charge in [0.2, 0.25) is 10.0 Å². The molecule has 0 radical (unpaired) electrons. The lowest BCUT2D eigenvalue weighted by Crippen LogP contribution is -2.37. The van der Waals surface area contributed by atoms with Crippen LogP contribution in [0.3, 0.4) is 0 Å². The van der Waals surface area contributed by atoms with Crippen molar-refractivity contribution in [3.05, 3.63) is 83.4 Å². The number of carbonyl (C=O) groups is 1. The summed E-state index contributed by atoms with van der Waals surface area (Å²) < 4.78 is 41.9. The molecule has 1 heterocycles. The van der Waals surface area contributed by atoms with E-state index < -0.39 is 21.9 Å². The largest absolute Gasteiger partial charge is 0.332 e. The third-order valence-electron chi connectivity index (χ3n) is 6.01. The quantitative estimate of drug-likeness (QED) is 0.345. The molecular weight excluding hydrogens is 505 g/mol. The molecule has 8 nitrogen and oxygen atoms in total. The number of hydrogen-bond acceptors (Lipinski definition) is 6. The van der Waals surface area contributed by atoms with Crippen LogP contribution in [0.5, 0.6) is 0 Å². The Morgan fingerprint density at radius 2 is 1.89 bits per heavy atom. The third-order valence-corrected chi connectivity index (χ3v) is 7.33. The van der Waals surface area contributed by atoms with Gasteiger partial charge in [-0.2, -0.15) is 5.26 Å². The van der Waals surface area contributed by atoms with Crippen LogP contribution < -0.4 is 10.0 Å². The number of sulfonamides is 1. The highest BCUT2D eigenvalue weighted by atomic mass is 32.2. The lowest BCUT2D eigenvalue weighted by molar-refractivity contribution is 0.256. The molecule has 3 rings (SSSR count). The van der Waals surface area contributed by atoms with Gasteiger partial charge < -0.3 is 5.32 Å². The Kier molecular flexibility index (Phi) is 9.93. The van der Waals surface area contributed by atoms with Gasteiger partial charge in [-0.1, -0.05) is 51.1 Å². The fourth-order valence-corrected chi connectivity index (χ4v) is 5.05. The number of carbonyl (C=O) groups excluding carboxylic acids is 1. The average Bonchev–Trinajstić information content (AvgIpc) is 2.88. The van der Waals surface area contributed by atoms with Gasteiger partial charge in [-0.25, -0.2) is 27.3 Å². The van der Waals surface area contributed by atoms with E-state index in [1.165, 1.54) is 24.4 Å². The number of pyridine rings is 1. The van der Waals surface area contributed by atoms with Gasteiger partial charge in [0.15, 0.2) is 0 Å². The molecule has 2 amide bonds. The zero-order valence-electron chi connectivity index (χ0n) is 21.7. The van der Waals surface area contributed by atoms with Crippen molar-refractivity contribution in [1.29, 1.82) is 5.26 Å². The summed E-state index contributed by atoms with van der Waals surface area (Å²) in [6.07, 6.45) is 1.76. The van der Waals surface area contributed by atoms with Crippen molar-refractivity contribution >= 4 is 21.7 Å². The Morgan fingerprint density at radius 3 is 2.55 bits per heavy atom. The molecule has 2 aromatic carbocycles. The molecular formula is C28H32FN5O3S. The topological polar surface area (TPSA) is 115 Å². The van der Waals surface area contributed by atoms with Crippen LogP contribution in [0.15, 0.2) is 60.8 Å². The van der Waals surface area contributed by atoms with Crippen LogP contribution in [-0.4, -0.2) is 43.2 Å². The molecule has 1 aromatic heterocycles. The van der Waals surface area contributed by atoms with Crippen molar-refractivity contribution in [3.63, 3.8) is 0 Å². The monoisotopic (exact) mass is 537 g/mol. The minimum atomic E-state index is -3.92.